The minimum absolute atomic E-state index is 0.0729. The summed E-state index contributed by atoms with van der Waals surface area (Å²) in [5, 5.41) is 8.68. The van der Waals surface area contributed by atoms with Gasteiger partial charge >= 0.3 is 0 Å². The summed E-state index contributed by atoms with van der Waals surface area (Å²) in [5.41, 5.74) is 6.26. The number of aromatic amines is 1. The molecule has 1 aromatic heterocycles. The van der Waals surface area contributed by atoms with E-state index >= 15 is 0 Å². The number of likely N-dealkylation sites (tertiary alicyclic amines) is 1. The van der Waals surface area contributed by atoms with Crippen LogP contribution in [0.4, 0.5) is 0 Å². The highest BCUT2D eigenvalue weighted by Gasteiger charge is 2.51. The van der Waals surface area contributed by atoms with Gasteiger partial charge in [0.05, 0.1) is 11.6 Å². The average Bonchev–Trinajstić information content (AvgIpc) is 3.62. The second-order valence-corrected chi connectivity index (χ2v) is 16.0. The predicted molar refractivity (Wildman–Crippen MR) is 192 cm³/mol. The van der Waals surface area contributed by atoms with E-state index in [9.17, 15) is 33.6 Å². The highest BCUT2D eigenvalue weighted by atomic mass is 16.2. The van der Waals surface area contributed by atoms with Gasteiger partial charge in [-0.3, -0.25) is 33.6 Å². The van der Waals surface area contributed by atoms with Gasteiger partial charge in [0.25, 0.3) is 11.8 Å². The van der Waals surface area contributed by atoms with Crippen LogP contribution < -0.4 is 21.7 Å². The first-order valence-electron chi connectivity index (χ1n) is 18.7. The van der Waals surface area contributed by atoms with E-state index in [0.29, 0.717) is 30.5 Å². The van der Waals surface area contributed by atoms with Crippen molar-refractivity contribution in [2.75, 3.05) is 0 Å². The summed E-state index contributed by atoms with van der Waals surface area (Å²) in [6.45, 7) is 12.3. The maximum Gasteiger partial charge on any atom is 0.287 e. The number of aromatic nitrogens is 1. The normalized spacial score (nSPS) is 22.6. The van der Waals surface area contributed by atoms with E-state index in [1.54, 1.807) is 18.7 Å². The van der Waals surface area contributed by atoms with Gasteiger partial charge in [-0.2, -0.15) is 0 Å². The summed E-state index contributed by atoms with van der Waals surface area (Å²) in [4.78, 5) is 98.4. The van der Waals surface area contributed by atoms with Crippen molar-refractivity contribution in [3.63, 3.8) is 0 Å². The van der Waals surface area contributed by atoms with Crippen LogP contribution in [0.2, 0.25) is 0 Å². The molecule has 0 spiro atoms. The number of amides is 5. The summed E-state index contributed by atoms with van der Waals surface area (Å²) in [6, 6.07) is -4.23. The van der Waals surface area contributed by atoms with Crippen molar-refractivity contribution in [2.24, 2.45) is 23.0 Å². The Morgan fingerprint density at radius 2 is 1.53 bits per heavy atom. The molecule has 0 aromatic carbocycles. The Labute approximate surface area is 301 Å². The van der Waals surface area contributed by atoms with E-state index in [4.69, 9.17) is 5.73 Å². The molecule has 1 unspecified atom stereocenters. The summed E-state index contributed by atoms with van der Waals surface area (Å²) in [5.74, 6) is -4.35. The Morgan fingerprint density at radius 3 is 2.12 bits per heavy atom. The molecular weight excluding hydrogens is 652 g/mol. The fourth-order valence-electron chi connectivity index (χ4n) is 8.45. The van der Waals surface area contributed by atoms with Gasteiger partial charge in [-0.25, -0.2) is 0 Å². The fourth-order valence-corrected chi connectivity index (χ4v) is 8.45. The lowest BCUT2D eigenvalue weighted by atomic mass is 9.81. The first-order valence-corrected chi connectivity index (χ1v) is 18.7. The summed E-state index contributed by atoms with van der Waals surface area (Å²) in [6.07, 6.45) is 8.84. The van der Waals surface area contributed by atoms with Gasteiger partial charge in [0.15, 0.2) is 5.78 Å². The molecule has 0 radical (unpaired) electrons. The molecule has 2 aliphatic carbocycles. The molecule has 2 saturated carbocycles. The molecule has 2 heterocycles. The molecule has 6 atom stereocenters. The number of H-pyrrole nitrogens is 1. The van der Waals surface area contributed by atoms with Crippen molar-refractivity contribution in [3.05, 3.63) is 22.5 Å². The maximum absolute atomic E-state index is 14.8. The average molecular weight is 711 g/mol. The molecule has 1 saturated heterocycles. The van der Waals surface area contributed by atoms with Crippen molar-refractivity contribution >= 4 is 41.1 Å². The predicted octanol–water partition coefficient (Wildman–Crippen LogP) is 3.54. The zero-order valence-electron chi connectivity index (χ0n) is 31.4. The van der Waals surface area contributed by atoms with Crippen LogP contribution in [-0.4, -0.2) is 81.2 Å². The molecule has 3 aliphatic rings. The monoisotopic (exact) mass is 710 g/mol. The number of nitrogens with one attached hydrogen (secondary N) is 4. The number of carbonyl (C=O) groups is 7. The van der Waals surface area contributed by atoms with Gasteiger partial charge in [0.2, 0.25) is 23.5 Å². The molecule has 282 valence electrons. The number of Topliss-reactive ketones (excluding diaryl/α,β-unsaturated/α-hetero) is 2. The highest BCUT2D eigenvalue weighted by Crippen LogP contribution is 2.41. The molecule has 3 fully saturated rings. The van der Waals surface area contributed by atoms with Crippen LogP contribution in [0, 0.1) is 31.1 Å². The standard InChI is InChI=1S/C38H58N6O7/c1-8-14-25(31(46)33(39)47)41-34(48)27-19-24-17-12-13-18-26(24)44(27)37(51)32(38(5,6)7)43-35(49)29(23-15-10-9-11-16-23)42-36(50)30-28(22(4)45)20(2)21(3)40-30/h23-27,29,32,40H,8-19H2,1-7H3,(H2,39,47)(H,41,48)(H,42,50)(H,43,49)/t24-,25+,26-,27-,29?,32+/m0/s1. The van der Waals surface area contributed by atoms with Gasteiger partial charge in [0, 0.05) is 11.7 Å². The third kappa shape index (κ3) is 8.89. The van der Waals surface area contributed by atoms with Crippen molar-refractivity contribution in [3.8, 4) is 0 Å². The van der Waals surface area contributed by atoms with Crippen LogP contribution in [0.25, 0.3) is 0 Å². The van der Waals surface area contributed by atoms with E-state index in [2.05, 4.69) is 20.9 Å². The van der Waals surface area contributed by atoms with Crippen LogP contribution in [0.5, 0.6) is 0 Å². The van der Waals surface area contributed by atoms with E-state index in [1.807, 2.05) is 27.7 Å². The van der Waals surface area contributed by atoms with Crippen LogP contribution in [-0.2, 0) is 24.0 Å². The summed E-state index contributed by atoms with van der Waals surface area (Å²) >= 11 is 0. The lowest BCUT2D eigenvalue weighted by molar-refractivity contribution is -0.147. The first kappa shape index (κ1) is 39.8. The molecule has 1 aliphatic heterocycles. The molecule has 0 bridgehead atoms. The lowest BCUT2D eigenvalue weighted by Gasteiger charge is -2.40. The van der Waals surface area contributed by atoms with Gasteiger partial charge in [0.1, 0.15) is 23.8 Å². The molecule has 13 nitrogen and oxygen atoms in total. The molecule has 1 aromatic rings. The second kappa shape index (κ2) is 16.5. The Kier molecular flexibility index (Phi) is 12.9. The summed E-state index contributed by atoms with van der Waals surface area (Å²) in [7, 11) is 0. The van der Waals surface area contributed by atoms with Crippen LogP contribution >= 0.6 is 0 Å². The Morgan fingerprint density at radius 1 is 0.902 bits per heavy atom. The second-order valence-electron chi connectivity index (χ2n) is 16.0. The minimum Gasteiger partial charge on any atom is -0.363 e. The number of aryl methyl sites for hydroxylation is 1. The van der Waals surface area contributed by atoms with Crippen molar-refractivity contribution in [1.29, 1.82) is 0 Å². The molecule has 5 amide bonds. The Hall–Kier alpha value is -4.03. The van der Waals surface area contributed by atoms with Gasteiger partial charge < -0.3 is 31.6 Å². The number of hydrogen-bond donors (Lipinski definition) is 5. The van der Waals surface area contributed by atoms with E-state index in [0.717, 1.165) is 51.4 Å². The molecule has 6 N–H and O–H groups in total. The van der Waals surface area contributed by atoms with E-state index in [1.165, 1.54) is 6.92 Å². The molecule has 13 heteroatoms. The third-order valence-electron chi connectivity index (χ3n) is 11.3. The molecule has 4 rings (SSSR count). The lowest BCUT2D eigenvalue weighted by Crippen LogP contribution is -2.63. The quantitative estimate of drug-likeness (QED) is 0.152. The smallest absolute Gasteiger partial charge is 0.287 e. The third-order valence-corrected chi connectivity index (χ3v) is 11.3. The fraction of sp³-hybridized carbons (Fsp3) is 0.711. The minimum atomic E-state index is -1.13. The highest BCUT2D eigenvalue weighted by molar-refractivity contribution is 6.37. The SMILES string of the molecule is CCC[C@@H](NC(=O)[C@@H]1C[C@@H]2CCCC[C@@H]2N1C(=O)[C@@H](NC(=O)C(NC(=O)c1[nH]c(C)c(C)c1C(C)=O)C1CCCCC1)C(C)(C)C)C(=O)C(N)=O. The van der Waals surface area contributed by atoms with Crippen molar-refractivity contribution in [2.45, 2.75) is 156 Å². The first-order chi connectivity index (χ1) is 24.0. The number of hydrogen-bond acceptors (Lipinski definition) is 7. The Bertz CT molecular complexity index is 1520. The zero-order chi connectivity index (χ0) is 37.8. The maximum atomic E-state index is 14.8. The number of fused-ring (bicyclic) bond motifs is 1. The van der Waals surface area contributed by atoms with Crippen LogP contribution in [0.1, 0.15) is 144 Å². The topological polar surface area (TPSA) is 201 Å². The Balaban J connectivity index is 1.65. The molecular formula is C38H58N6O7. The summed E-state index contributed by atoms with van der Waals surface area (Å²) < 4.78 is 0. The largest absolute Gasteiger partial charge is 0.363 e. The van der Waals surface area contributed by atoms with E-state index < -0.39 is 64.9 Å². The molecule has 51 heavy (non-hydrogen) atoms. The van der Waals surface area contributed by atoms with Crippen molar-refractivity contribution < 1.29 is 33.6 Å². The van der Waals surface area contributed by atoms with Gasteiger partial charge in [-0.1, -0.05) is 66.2 Å². The number of rotatable bonds is 13. The van der Waals surface area contributed by atoms with Gasteiger partial charge in [-0.15, -0.1) is 0 Å². The number of primary amides is 1. The number of carbonyl (C=O) groups excluding carboxylic acids is 7. The zero-order valence-corrected chi connectivity index (χ0v) is 31.4. The van der Waals surface area contributed by atoms with E-state index in [-0.39, 0.29) is 41.3 Å². The number of ketones is 2. The number of nitrogens with zero attached hydrogens (tertiary/aromatic N) is 1. The van der Waals surface area contributed by atoms with Crippen LogP contribution in [0.15, 0.2) is 0 Å². The van der Waals surface area contributed by atoms with Crippen LogP contribution in [0.3, 0.4) is 0 Å². The van der Waals surface area contributed by atoms with Gasteiger partial charge in [-0.05, 0) is 82.1 Å². The number of nitrogens with two attached hydrogens (primary N) is 1. The van der Waals surface area contributed by atoms with Crippen molar-refractivity contribution in [1.82, 2.24) is 25.8 Å².